The number of amides is 1. The lowest BCUT2D eigenvalue weighted by molar-refractivity contribution is 0.0636. The summed E-state index contributed by atoms with van der Waals surface area (Å²) in [6.07, 6.45) is -0.544. The third kappa shape index (κ3) is 6.31. The van der Waals surface area contributed by atoms with Crippen molar-refractivity contribution in [1.29, 1.82) is 0 Å². The topological polar surface area (TPSA) is 119 Å². The van der Waals surface area contributed by atoms with Gasteiger partial charge in [0.05, 0.1) is 36.4 Å². The highest BCUT2D eigenvalue weighted by molar-refractivity contribution is 7.16. The van der Waals surface area contributed by atoms with Gasteiger partial charge in [0.25, 0.3) is 0 Å². The second kappa shape index (κ2) is 9.90. The Labute approximate surface area is 197 Å². The number of hydrogen-bond acceptors (Lipinski definition) is 8. The van der Waals surface area contributed by atoms with Crippen molar-refractivity contribution in [2.45, 2.75) is 59.0 Å². The van der Waals surface area contributed by atoms with Gasteiger partial charge in [-0.2, -0.15) is 5.10 Å². The fourth-order valence-electron chi connectivity index (χ4n) is 3.18. The normalized spacial score (nSPS) is 13.5. The van der Waals surface area contributed by atoms with Crippen LogP contribution in [0.25, 0.3) is 11.3 Å². The number of ether oxygens (including phenoxy) is 2. The molecule has 0 saturated heterocycles. The molecular formula is C23H30N4O5S. The number of aliphatic hydroxyl groups excluding tert-OH is 2. The molecule has 0 radical (unpaired) electrons. The first-order valence-electron chi connectivity index (χ1n) is 10.5. The summed E-state index contributed by atoms with van der Waals surface area (Å²) < 4.78 is 12.2. The van der Waals surface area contributed by atoms with E-state index in [1.54, 1.807) is 52.6 Å². The molecule has 0 spiro atoms. The third-order valence-electron chi connectivity index (χ3n) is 4.59. The number of benzene rings is 1. The lowest BCUT2D eigenvalue weighted by Gasteiger charge is -2.18. The number of anilines is 1. The van der Waals surface area contributed by atoms with Crippen molar-refractivity contribution >= 4 is 22.6 Å². The van der Waals surface area contributed by atoms with Gasteiger partial charge in [-0.1, -0.05) is 23.5 Å². The van der Waals surface area contributed by atoms with E-state index < -0.39 is 23.9 Å². The smallest absolute Gasteiger partial charge is 0.413 e. The average molecular weight is 475 g/mol. The van der Waals surface area contributed by atoms with Crippen molar-refractivity contribution in [2.24, 2.45) is 0 Å². The van der Waals surface area contributed by atoms with Crippen LogP contribution in [-0.2, 0) is 11.3 Å². The SMILES string of the molecule is COc1ccc(Cn2cc(-c3nc(NC(=O)OC(C)(C)C)sc3C(C)O)c(C(C)O)n2)cc1. The largest absolute Gasteiger partial charge is 0.497 e. The first-order valence-corrected chi connectivity index (χ1v) is 11.4. The molecule has 3 aromatic rings. The van der Waals surface area contributed by atoms with Gasteiger partial charge in [0.15, 0.2) is 5.13 Å². The van der Waals surface area contributed by atoms with Gasteiger partial charge in [0.1, 0.15) is 17.0 Å². The summed E-state index contributed by atoms with van der Waals surface area (Å²) in [6.45, 7) is 9.03. The molecule has 1 amide bonds. The van der Waals surface area contributed by atoms with E-state index in [9.17, 15) is 15.0 Å². The van der Waals surface area contributed by atoms with Crippen LogP contribution in [0.2, 0.25) is 0 Å². The molecule has 2 aromatic heterocycles. The summed E-state index contributed by atoms with van der Waals surface area (Å²) >= 11 is 1.15. The first kappa shape index (κ1) is 24.7. The van der Waals surface area contributed by atoms with Crippen molar-refractivity contribution in [3.63, 3.8) is 0 Å². The lowest BCUT2D eigenvalue weighted by atomic mass is 10.1. The quantitative estimate of drug-likeness (QED) is 0.461. The van der Waals surface area contributed by atoms with Crippen LogP contribution in [-0.4, -0.2) is 43.8 Å². The van der Waals surface area contributed by atoms with Crippen molar-refractivity contribution in [3.8, 4) is 17.0 Å². The first-order chi connectivity index (χ1) is 15.5. The van der Waals surface area contributed by atoms with E-state index in [4.69, 9.17) is 9.47 Å². The van der Waals surface area contributed by atoms with E-state index in [0.717, 1.165) is 22.6 Å². The Kier molecular flexibility index (Phi) is 7.41. The molecule has 0 aliphatic heterocycles. The van der Waals surface area contributed by atoms with E-state index in [-0.39, 0.29) is 5.13 Å². The monoisotopic (exact) mass is 474 g/mol. The minimum absolute atomic E-state index is 0.287. The minimum atomic E-state index is -0.858. The number of methoxy groups -OCH3 is 1. The second-order valence-electron chi connectivity index (χ2n) is 8.68. The molecule has 10 heteroatoms. The van der Waals surface area contributed by atoms with Crippen molar-refractivity contribution in [2.75, 3.05) is 12.4 Å². The third-order valence-corrected chi connectivity index (χ3v) is 5.73. The second-order valence-corrected chi connectivity index (χ2v) is 9.72. The van der Waals surface area contributed by atoms with Gasteiger partial charge < -0.3 is 19.7 Å². The standard InChI is InChI=1S/C23H30N4O5S/c1-13(28)18-17(12-27(26-18)11-15-7-9-16(31-6)10-8-15)19-20(14(2)29)33-21(24-19)25-22(30)32-23(3,4)5/h7-10,12-14,28-29H,11H2,1-6H3,(H,24,25,30). The number of nitrogens with zero attached hydrogens (tertiary/aromatic N) is 3. The molecule has 0 aliphatic carbocycles. The number of aromatic nitrogens is 3. The highest BCUT2D eigenvalue weighted by Crippen LogP contribution is 2.38. The Balaban J connectivity index is 1.94. The predicted octanol–water partition coefficient (Wildman–Crippen LogP) is 4.52. The van der Waals surface area contributed by atoms with Gasteiger partial charge in [-0.05, 0) is 52.3 Å². The van der Waals surface area contributed by atoms with Gasteiger partial charge in [-0.15, -0.1) is 0 Å². The zero-order valence-corrected chi connectivity index (χ0v) is 20.4. The van der Waals surface area contributed by atoms with E-state index >= 15 is 0 Å². The Bertz CT molecular complexity index is 1100. The van der Waals surface area contributed by atoms with Crippen LogP contribution in [0.4, 0.5) is 9.93 Å². The minimum Gasteiger partial charge on any atom is -0.497 e. The highest BCUT2D eigenvalue weighted by Gasteiger charge is 2.25. The molecular weight excluding hydrogens is 444 g/mol. The summed E-state index contributed by atoms with van der Waals surface area (Å²) in [7, 11) is 1.61. The molecule has 2 unspecified atom stereocenters. The zero-order chi connectivity index (χ0) is 24.3. The van der Waals surface area contributed by atoms with Gasteiger partial charge in [0, 0.05) is 11.8 Å². The molecule has 33 heavy (non-hydrogen) atoms. The maximum Gasteiger partial charge on any atom is 0.413 e. The van der Waals surface area contributed by atoms with Crippen LogP contribution in [0.15, 0.2) is 30.5 Å². The number of thiazole rings is 1. The Hall–Kier alpha value is -2.95. The molecule has 0 bridgehead atoms. The lowest BCUT2D eigenvalue weighted by Crippen LogP contribution is -2.27. The Morgan fingerprint density at radius 2 is 1.85 bits per heavy atom. The van der Waals surface area contributed by atoms with Crippen LogP contribution >= 0.6 is 11.3 Å². The summed E-state index contributed by atoms with van der Waals surface area (Å²) in [5.74, 6) is 0.763. The molecule has 0 saturated carbocycles. The summed E-state index contributed by atoms with van der Waals surface area (Å²) in [6, 6.07) is 7.62. The van der Waals surface area contributed by atoms with Crippen molar-refractivity contribution in [1.82, 2.24) is 14.8 Å². The highest BCUT2D eigenvalue weighted by atomic mass is 32.1. The molecule has 178 valence electrons. The number of rotatable bonds is 7. The van der Waals surface area contributed by atoms with Crippen LogP contribution < -0.4 is 10.1 Å². The summed E-state index contributed by atoms with van der Waals surface area (Å²) in [4.78, 5) is 17.3. The Morgan fingerprint density at radius 1 is 1.18 bits per heavy atom. The summed E-state index contributed by atoms with van der Waals surface area (Å²) in [5.41, 5.74) is 1.82. The van der Waals surface area contributed by atoms with E-state index in [0.29, 0.717) is 28.4 Å². The van der Waals surface area contributed by atoms with E-state index in [1.807, 2.05) is 24.3 Å². The summed E-state index contributed by atoms with van der Waals surface area (Å²) in [5, 5.41) is 28.2. The van der Waals surface area contributed by atoms with Gasteiger partial charge in [-0.3, -0.25) is 10.00 Å². The number of carbonyl (C=O) groups excluding carboxylic acids is 1. The van der Waals surface area contributed by atoms with Crippen molar-refractivity contribution < 1.29 is 24.5 Å². The molecule has 2 atom stereocenters. The number of hydrogen-bond donors (Lipinski definition) is 3. The molecule has 3 rings (SSSR count). The van der Waals surface area contributed by atoms with Gasteiger partial charge >= 0.3 is 6.09 Å². The number of nitrogens with one attached hydrogen (secondary N) is 1. The van der Waals surface area contributed by atoms with Crippen molar-refractivity contribution in [3.05, 3.63) is 46.6 Å². The Morgan fingerprint density at radius 3 is 2.39 bits per heavy atom. The zero-order valence-electron chi connectivity index (χ0n) is 19.6. The van der Waals surface area contributed by atoms with Crippen LogP contribution in [0.3, 0.4) is 0 Å². The fourth-order valence-corrected chi connectivity index (χ4v) is 4.08. The van der Waals surface area contributed by atoms with Crippen LogP contribution in [0, 0.1) is 0 Å². The van der Waals surface area contributed by atoms with E-state index in [2.05, 4.69) is 15.4 Å². The van der Waals surface area contributed by atoms with E-state index in [1.165, 1.54) is 0 Å². The van der Waals surface area contributed by atoms with Gasteiger partial charge in [0.2, 0.25) is 0 Å². The fraction of sp³-hybridized carbons (Fsp3) is 0.435. The molecule has 0 aliphatic rings. The molecule has 3 N–H and O–H groups in total. The maximum atomic E-state index is 12.2. The number of carbonyl (C=O) groups is 1. The van der Waals surface area contributed by atoms with Gasteiger partial charge in [-0.25, -0.2) is 9.78 Å². The average Bonchev–Trinajstić information content (AvgIpc) is 3.31. The van der Waals surface area contributed by atoms with Crippen LogP contribution in [0.1, 0.15) is 63.0 Å². The molecule has 0 fully saturated rings. The predicted molar refractivity (Wildman–Crippen MR) is 127 cm³/mol. The number of aliphatic hydroxyl groups is 2. The van der Waals surface area contributed by atoms with Crippen LogP contribution in [0.5, 0.6) is 5.75 Å². The maximum absolute atomic E-state index is 12.2. The molecule has 9 nitrogen and oxygen atoms in total. The molecule has 2 heterocycles. The molecule has 1 aromatic carbocycles.